The minimum absolute atomic E-state index is 0.0910. The van der Waals surface area contributed by atoms with E-state index in [9.17, 15) is 23.5 Å². The number of hydrogen-bond donors (Lipinski definition) is 1. The van der Waals surface area contributed by atoms with Gasteiger partial charge in [-0.05, 0) is 50.2 Å². The van der Waals surface area contributed by atoms with Crippen molar-refractivity contribution in [1.29, 1.82) is 0 Å². The number of benzene rings is 6. The molecule has 1 aliphatic rings. The Labute approximate surface area is 355 Å². The van der Waals surface area contributed by atoms with Gasteiger partial charge in [0.1, 0.15) is 23.0 Å². The van der Waals surface area contributed by atoms with Crippen LogP contribution in [0.1, 0.15) is 27.7 Å². The Kier molecular flexibility index (Phi) is 17.4. The molecule has 2 N–H and O–H groups in total. The van der Waals surface area contributed by atoms with E-state index in [1.807, 2.05) is 0 Å². The zero-order valence-electron chi connectivity index (χ0n) is 34.1. The fraction of sp³-hybridized carbons (Fsp3) is 0.182. The second-order valence-electron chi connectivity index (χ2n) is 13.2. The zero-order chi connectivity index (χ0) is 43.1. The first-order valence-corrected chi connectivity index (χ1v) is 27.6. The monoisotopic (exact) mass is 905 g/mol. The number of phosphoric acid groups is 2. The third-order valence-corrected chi connectivity index (χ3v) is 23.8. The predicted octanol–water partition coefficient (Wildman–Crippen LogP) is 7.10. The van der Waals surface area contributed by atoms with Crippen molar-refractivity contribution in [2.75, 3.05) is 26.2 Å². The van der Waals surface area contributed by atoms with Crippen molar-refractivity contribution in [2.45, 2.75) is 27.7 Å². The van der Waals surface area contributed by atoms with Crippen LogP contribution in [0.2, 0.25) is 0 Å². The van der Waals surface area contributed by atoms with Crippen LogP contribution in [-0.4, -0.2) is 30.8 Å². The van der Waals surface area contributed by atoms with E-state index in [2.05, 4.69) is 214 Å². The SMILES string of the molecule is CCN(CC)P1(=O)OP(=O)([O-])OP(=O)([O-])O1.CC[NH2+]CC.c1ccc(P(=N[P+](c2ccccc2)(c2ccccc2)c2ccccc2)(c2ccccc2)c2ccccc2)cc1. The van der Waals surface area contributed by atoms with Gasteiger partial charge in [0.05, 0.1) is 13.1 Å². The molecule has 7 rings (SSSR count). The molecule has 16 heteroatoms. The maximum absolute atomic E-state index is 11.9. The van der Waals surface area contributed by atoms with Crippen LogP contribution in [0.4, 0.5) is 0 Å². The summed E-state index contributed by atoms with van der Waals surface area (Å²) < 4.78 is 52.9. The average molecular weight is 906 g/mol. The fourth-order valence-electron chi connectivity index (χ4n) is 6.65. The topological polar surface area (TPSA) is 157 Å². The highest BCUT2D eigenvalue weighted by atomic mass is 31.3. The summed E-state index contributed by atoms with van der Waals surface area (Å²) in [6.07, 6.45) is 0. The Bertz CT molecular complexity index is 2190. The Morgan fingerprint density at radius 3 is 1.03 bits per heavy atom. The number of nitrogens with two attached hydrogens (primary N) is 1. The molecule has 1 fully saturated rings. The van der Waals surface area contributed by atoms with Crippen LogP contribution < -0.4 is 46.9 Å². The molecule has 0 saturated carbocycles. The summed E-state index contributed by atoms with van der Waals surface area (Å²) in [7, 11) is -19.7. The van der Waals surface area contributed by atoms with Gasteiger partial charge in [-0.3, -0.25) is 9.13 Å². The molecule has 0 aromatic heterocycles. The molecule has 0 aliphatic carbocycles. The summed E-state index contributed by atoms with van der Waals surface area (Å²) in [6.45, 7) is 10.0. The number of hydrogen-bond acceptors (Lipinski definition) is 9. The standard InChI is InChI=1S/C36H30NP2.C4H12NO8P3.C4H11N/c1-7-19-31(20-8-1)38(32-21-9-2-10-22-32,33-23-11-3-12-24-33)37-39(34-25-13-4-14-26-34,35-27-15-5-16-28-35)36-29-17-6-18-30-36;1-3-5(4-2)14(6)11-15(7,8)13-16(9,10)12-14;1-3-5-4-2/h1-30H;3-4H2,1-2H3,(H,7,8)(H,9,10);5H,3-4H2,1-2H3/q+1;;/p-1. The Morgan fingerprint density at radius 2 is 0.783 bits per heavy atom. The first-order chi connectivity index (χ1) is 28.9. The van der Waals surface area contributed by atoms with Gasteiger partial charge >= 0.3 is 7.75 Å². The van der Waals surface area contributed by atoms with Crippen molar-refractivity contribution in [3.05, 3.63) is 182 Å². The molecule has 0 bridgehead atoms. The van der Waals surface area contributed by atoms with Crippen molar-refractivity contribution in [3.63, 3.8) is 0 Å². The third-order valence-electron chi connectivity index (χ3n) is 9.31. The van der Waals surface area contributed by atoms with Gasteiger partial charge in [-0.15, -0.1) is 4.52 Å². The van der Waals surface area contributed by atoms with Crippen LogP contribution in [0, 0.1) is 0 Å². The number of rotatable bonds is 12. The molecule has 1 saturated heterocycles. The molecule has 316 valence electrons. The van der Waals surface area contributed by atoms with Crippen LogP contribution >= 0.6 is 37.9 Å². The van der Waals surface area contributed by atoms with Gasteiger partial charge in [0.15, 0.2) is 0 Å². The first kappa shape index (κ1) is 47.4. The van der Waals surface area contributed by atoms with Gasteiger partial charge in [0, 0.05) is 29.0 Å². The van der Waals surface area contributed by atoms with Crippen molar-refractivity contribution < 1.29 is 41.7 Å². The molecule has 11 nitrogen and oxygen atoms in total. The molecule has 0 radical (unpaired) electrons. The molecule has 0 spiro atoms. The van der Waals surface area contributed by atoms with E-state index in [0.29, 0.717) is 0 Å². The molecular weight excluding hydrogens is 853 g/mol. The smallest absolute Gasteiger partial charge is 0.421 e. The lowest BCUT2D eigenvalue weighted by molar-refractivity contribution is -0.648. The van der Waals surface area contributed by atoms with E-state index in [1.165, 1.54) is 58.8 Å². The maximum atomic E-state index is 11.9. The molecule has 1 heterocycles. The molecule has 6 aromatic carbocycles. The normalized spacial score (nSPS) is 20.2. The summed E-state index contributed by atoms with van der Waals surface area (Å²) in [6, 6.07) is 65.7. The Balaban J connectivity index is 0.000000270. The van der Waals surface area contributed by atoms with Crippen LogP contribution in [0.5, 0.6) is 0 Å². The number of nitrogens with zero attached hydrogens (tertiary/aromatic N) is 2. The van der Waals surface area contributed by atoms with Gasteiger partial charge in [-0.1, -0.05) is 159 Å². The molecule has 1 aliphatic heterocycles. The second kappa shape index (κ2) is 22.0. The highest BCUT2D eigenvalue weighted by Crippen LogP contribution is 2.77. The largest absolute Gasteiger partial charge is 0.756 e. The van der Waals surface area contributed by atoms with Crippen LogP contribution in [0.3, 0.4) is 0 Å². The van der Waals surface area contributed by atoms with Gasteiger partial charge in [-0.2, -0.15) is 0 Å². The van der Waals surface area contributed by atoms with E-state index in [1.54, 1.807) is 0 Å². The van der Waals surface area contributed by atoms with Gasteiger partial charge in [0.25, 0.3) is 15.6 Å². The summed E-state index contributed by atoms with van der Waals surface area (Å²) in [5.74, 6) is 0. The van der Waals surface area contributed by atoms with E-state index in [0.717, 1.165) is 4.67 Å². The van der Waals surface area contributed by atoms with E-state index in [-0.39, 0.29) is 13.1 Å². The van der Waals surface area contributed by atoms with Crippen molar-refractivity contribution in [3.8, 4) is 0 Å². The van der Waals surface area contributed by atoms with Crippen LogP contribution in [0.15, 0.2) is 187 Å². The lowest BCUT2D eigenvalue weighted by atomic mass is 10.4. The van der Waals surface area contributed by atoms with E-state index >= 15 is 0 Å². The zero-order valence-corrected chi connectivity index (χ0v) is 38.6. The van der Waals surface area contributed by atoms with Gasteiger partial charge in [-0.25, -0.2) is 22.2 Å². The second-order valence-corrected chi connectivity index (χ2v) is 24.8. The minimum Gasteiger partial charge on any atom is -0.756 e. The van der Waals surface area contributed by atoms with Gasteiger partial charge in [0.2, 0.25) is 7.41 Å². The molecule has 60 heavy (non-hydrogen) atoms. The molecule has 2 unspecified atom stereocenters. The lowest BCUT2D eigenvalue weighted by Gasteiger charge is -2.41. The summed E-state index contributed by atoms with van der Waals surface area (Å²) in [5, 5.41) is 9.80. The summed E-state index contributed by atoms with van der Waals surface area (Å²) >= 11 is 0. The molecule has 0 amide bonds. The predicted molar refractivity (Wildman–Crippen MR) is 245 cm³/mol. The third kappa shape index (κ3) is 11.4. The lowest BCUT2D eigenvalue weighted by Crippen LogP contribution is -2.82. The minimum atomic E-state index is -5.17. The molecule has 2 atom stereocenters. The maximum Gasteiger partial charge on any atom is 0.421 e. The average Bonchev–Trinajstić information content (AvgIpc) is 3.26. The molecule has 6 aromatic rings. The summed E-state index contributed by atoms with van der Waals surface area (Å²) in [4.78, 5) is 21.9. The Morgan fingerprint density at radius 1 is 0.500 bits per heavy atom. The highest BCUT2D eigenvalue weighted by molar-refractivity contribution is 8.01. The number of quaternary nitrogens is 1. The van der Waals surface area contributed by atoms with Gasteiger partial charge < -0.3 is 15.1 Å². The van der Waals surface area contributed by atoms with Crippen molar-refractivity contribution >= 4 is 69.7 Å². The summed E-state index contributed by atoms with van der Waals surface area (Å²) in [5.41, 5.74) is 0. The van der Waals surface area contributed by atoms with Crippen LogP contribution in [-0.2, 0) is 26.6 Å². The first-order valence-electron chi connectivity index (χ1n) is 19.7. The fourth-order valence-corrected chi connectivity index (χ4v) is 21.8. The Hall–Kier alpha value is -3.61. The molecular formula is C44H52N3O8P5. The van der Waals surface area contributed by atoms with Crippen molar-refractivity contribution in [2.24, 2.45) is 4.52 Å². The van der Waals surface area contributed by atoms with E-state index < -0.39 is 37.9 Å². The highest BCUT2D eigenvalue weighted by Gasteiger charge is 2.50. The van der Waals surface area contributed by atoms with Crippen LogP contribution in [0.25, 0.3) is 0 Å². The van der Waals surface area contributed by atoms with E-state index in [4.69, 9.17) is 4.52 Å². The van der Waals surface area contributed by atoms with Crippen molar-refractivity contribution in [1.82, 2.24) is 4.67 Å². The quantitative estimate of drug-likeness (QED) is 0.127.